The van der Waals surface area contributed by atoms with Gasteiger partial charge in [-0.25, -0.2) is 13.6 Å². The number of halogens is 5. The van der Waals surface area contributed by atoms with E-state index in [1.807, 2.05) is 0 Å². The van der Waals surface area contributed by atoms with Crippen LogP contribution in [-0.4, -0.2) is 12.6 Å². The van der Waals surface area contributed by atoms with Gasteiger partial charge in [0, 0.05) is 17.2 Å². The zero-order chi connectivity index (χ0) is 20.0. The number of rotatable bonds is 3. The summed E-state index contributed by atoms with van der Waals surface area (Å²) in [4.78, 5) is 11.8. The molecule has 1 unspecified atom stereocenters. The molecule has 1 atom stereocenters. The molecule has 2 aromatic carbocycles. The average Bonchev–Trinajstić information content (AvgIpc) is 2.58. The molecule has 27 heavy (non-hydrogen) atoms. The van der Waals surface area contributed by atoms with E-state index in [1.54, 1.807) is 0 Å². The first-order valence-electron chi connectivity index (χ1n) is 7.82. The quantitative estimate of drug-likeness (QED) is 0.600. The molecule has 2 N–H and O–H groups in total. The number of amides is 2. The van der Waals surface area contributed by atoms with E-state index in [2.05, 4.69) is 22.5 Å². The van der Waals surface area contributed by atoms with Gasteiger partial charge in [-0.3, -0.25) is 0 Å². The molecular formula is C19H15F5N2O. The molecule has 3 nitrogen and oxygen atoms in total. The standard InChI is InChI=1S/C19H15F5N2O/c1-12(16-8-7-15(20)11-17(16)21)26-18(27)25-9-3-5-13-4-2-6-14(10-13)19(22,23)24/h2,4,6-8,10-12H,9H2,1H3,(H2,25,26,27). The van der Waals surface area contributed by atoms with E-state index < -0.39 is 35.4 Å². The minimum Gasteiger partial charge on any atom is -0.332 e. The van der Waals surface area contributed by atoms with Gasteiger partial charge in [0.05, 0.1) is 18.2 Å². The first-order chi connectivity index (χ1) is 12.7. The average molecular weight is 382 g/mol. The van der Waals surface area contributed by atoms with Gasteiger partial charge >= 0.3 is 12.2 Å². The molecule has 0 bridgehead atoms. The maximum absolute atomic E-state index is 13.6. The van der Waals surface area contributed by atoms with Gasteiger partial charge < -0.3 is 10.6 Å². The third kappa shape index (κ3) is 5.99. The molecule has 0 saturated heterocycles. The number of carbonyl (C=O) groups is 1. The molecule has 0 radical (unpaired) electrons. The Hall–Kier alpha value is -3.08. The Morgan fingerprint density at radius 1 is 1.15 bits per heavy atom. The van der Waals surface area contributed by atoms with Gasteiger partial charge in [0.1, 0.15) is 11.6 Å². The Kier molecular flexibility index (Phi) is 6.40. The summed E-state index contributed by atoms with van der Waals surface area (Å²) in [5.74, 6) is 3.54. The van der Waals surface area contributed by atoms with Crippen LogP contribution in [0.5, 0.6) is 0 Å². The predicted octanol–water partition coefficient (Wildman–Crippen LogP) is 4.40. The Labute approximate surface area is 152 Å². The van der Waals surface area contributed by atoms with Crippen LogP contribution in [0.3, 0.4) is 0 Å². The number of nitrogens with one attached hydrogen (secondary N) is 2. The summed E-state index contributed by atoms with van der Waals surface area (Å²) in [6, 6.07) is 6.16. The summed E-state index contributed by atoms with van der Waals surface area (Å²) in [7, 11) is 0. The van der Waals surface area contributed by atoms with Crippen LogP contribution in [0.25, 0.3) is 0 Å². The van der Waals surface area contributed by atoms with Crippen LogP contribution in [0.2, 0.25) is 0 Å². The fraction of sp³-hybridized carbons (Fsp3) is 0.211. The van der Waals surface area contributed by atoms with Gasteiger partial charge in [-0.1, -0.05) is 24.0 Å². The number of hydrogen-bond donors (Lipinski definition) is 2. The zero-order valence-corrected chi connectivity index (χ0v) is 14.1. The first-order valence-corrected chi connectivity index (χ1v) is 7.82. The fourth-order valence-electron chi connectivity index (χ4n) is 2.22. The molecule has 2 aromatic rings. The van der Waals surface area contributed by atoms with Gasteiger partial charge in [-0.15, -0.1) is 0 Å². The highest BCUT2D eigenvalue weighted by Gasteiger charge is 2.30. The predicted molar refractivity (Wildman–Crippen MR) is 89.6 cm³/mol. The molecule has 0 heterocycles. The Bertz CT molecular complexity index is 884. The second-order valence-corrected chi connectivity index (χ2v) is 5.59. The van der Waals surface area contributed by atoms with Crippen molar-refractivity contribution >= 4 is 6.03 Å². The number of alkyl halides is 3. The molecular weight excluding hydrogens is 367 g/mol. The van der Waals surface area contributed by atoms with Gasteiger partial charge in [0.15, 0.2) is 0 Å². The molecule has 0 spiro atoms. The van der Waals surface area contributed by atoms with Crippen LogP contribution in [0.15, 0.2) is 42.5 Å². The highest BCUT2D eigenvalue weighted by Crippen LogP contribution is 2.29. The van der Waals surface area contributed by atoms with Crippen LogP contribution in [-0.2, 0) is 6.18 Å². The van der Waals surface area contributed by atoms with E-state index in [4.69, 9.17) is 0 Å². The molecule has 0 aromatic heterocycles. The van der Waals surface area contributed by atoms with Gasteiger partial charge in [0.2, 0.25) is 0 Å². The van der Waals surface area contributed by atoms with Crippen molar-refractivity contribution < 1.29 is 26.7 Å². The van der Waals surface area contributed by atoms with Gasteiger partial charge in [-0.05, 0) is 31.2 Å². The Balaban J connectivity index is 1.89. The van der Waals surface area contributed by atoms with Crippen LogP contribution in [0.1, 0.15) is 29.7 Å². The molecule has 0 saturated carbocycles. The lowest BCUT2D eigenvalue weighted by Crippen LogP contribution is -2.37. The summed E-state index contributed by atoms with van der Waals surface area (Å²) in [5.41, 5.74) is -0.537. The molecule has 0 aliphatic carbocycles. The van der Waals surface area contributed by atoms with Crippen molar-refractivity contribution in [3.63, 3.8) is 0 Å². The summed E-state index contributed by atoms with van der Waals surface area (Å²) in [6.07, 6.45) is -4.46. The minimum atomic E-state index is -4.46. The van der Waals surface area contributed by atoms with Crippen molar-refractivity contribution in [3.05, 3.63) is 70.8 Å². The molecule has 0 aliphatic rings. The minimum absolute atomic E-state index is 0.113. The summed E-state index contributed by atoms with van der Waals surface area (Å²) < 4.78 is 64.4. The van der Waals surface area contributed by atoms with E-state index in [0.29, 0.717) is 6.07 Å². The number of carbonyl (C=O) groups excluding carboxylic acids is 1. The SMILES string of the molecule is CC(NC(=O)NCC#Cc1cccc(C(F)(F)F)c1)c1ccc(F)cc1F. The van der Waals surface area contributed by atoms with E-state index in [0.717, 1.165) is 18.2 Å². The van der Waals surface area contributed by atoms with Crippen molar-refractivity contribution in [2.75, 3.05) is 6.54 Å². The van der Waals surface area contributed by atoms with Crippen molar-refractivity contribution in [1.82, 2.24) is 10.6 Å². The van der Waals surface area contributed by atoms with Gasteiger partial charge in [0.25, 0.3) is 0 Å². The van der Waals surface area contributed by atoms with Crippen molar-refractivity contribution in [3.8, 4) is 11.8 Å². The van der Waals surface area contributed by atoms with Crippen molar-refractivity contribution in [1.29, 1.82) is 0 Å². The van der Waals surface area contributed by atoms with E-state index >= 15 is 0 Å². The second kappa shape index (κ2) is 8.54. The third-order valence-corrected chi connectivity index (χ3v) is 3.54. The highest BCUT2D eigenvalue weighted by molar-refractivity contribution is 5.74. The highest BCUT2D eigenvalue weighted by atomic mass is 19.4. The van der Waals surface area contributed by atoms with Gasteiger partial charge in [-0.2, -0.15) is 13.2 Å². The molecule has 0 fully saturated rings. The molecule has 2 amide bonds. The molecule has 0 aliphatic heterocycles. The topological polar surface area (TPSA) is 41.1 Å². The van der Waals surface area contributed by atoms with Crippen LogP contribution >= 0.6 is 0 Å². The Morgan fingerprint density at radius 3 is 2.56 bits per heavy atom. The van der Waals surface area contributed by atoms with Crippen LogP contribution in [0, 0.1) is 23.5 Å². The summed E-state index contributed by atoms with van der Waals surface area (Å²) in [5, 5.41) is 4.84. The summed E-state index contributed by atoms with van der Waals surface area (Å²) in [6.45, 7) is 1.39. The monoisotopic (exact) mass is 382 g/mol. The molecule has 8 heteroatoms. The third-order valence-electron chi connectivity index (χ3n) is 3.54. The van der Waals surface area contributed by atoms with Crippen molar-refractivity contribution in [2.45, 2.75) is 19.1 Å². The smallest absolute Gasteiger partial charge is 0.332 e. The summed E-state index contributed by atoms with van der Waals surface area (Å²) >= 11 is 0. The lowest BCUT2D eigenvalue weighted by molar-refractivity contribution is -0.137. The first kappa shape index (κ1) is 20.2. The number of benzene rings is 2. The lowest BCUT2D eigenvalue weighted by atomic mass is 10.1. The van der Waals surface area contributed by atoms with Crippen LogP contribution < -0.4 is 10.6 Å². The van der Waals surface area contributed by atoms with Crippen LogP contribution in [0.4, 0.5) is 26.7 Å². The largest absolute Gasteiger partial charge is 0.416 e. The lowest BCUT2D eigenvalue weighted by Gasteiger charge is -2.15. The maximum atomic E-state index is 13.6. The van der Waals surface area contributed by atoms with E-state index in [-0.39, 0.29) is 17.7 Å². The molecule has 142 valence electrons. The normalized spacial score (nSPS) is 11.9. The molecule has 2 rings (SSSR count). The fourth-order valence-corrected chi connectivity index (χ4v) is 2.22. The van der Waals surface area contributed by atoms with E-state index in [9.17, 15) is 26.7 Å². The maximum Gasteiger partial charge on any atom is 0.416 e. The second-order valence-electron chi connectivity index (χ2n) is 5.59. The zero-order valence-electron chi connectivity index (χ0n) is 14.1. The van der Waals surface area contributed by atoms with Crippen molar-refractivity contribution in [2.24, 2.45) is 0 Å². The van der Waals surface area contributed by atoms with E-state index in [1.165, 1.54) is 25.1 Å². The number of hydrogen-bond acceptors (Lipinski definition) is 1. The number of urea groups is 1. The Morgan fingerprint density at radius 2 is 1.89 bits per heavy atom.